The van der Waals surface area contributed by atoms with Gasteiger partial charge in [-0.25, -0.2) is 4.79 Å². The molecule has 0 radical (unpaired) electrons. The van der Waals surface area contributed by atoms with Crippen molar-refractivity contribution in [3.05, 3.63) is 59.1 Å². The summed E-state index contributed by atoms with van der Waals surface area (Å²) in [6, 6.07) is 13.9. The number of nitrogens with zero attached hydrogens (tertiary/aromatic N) is 3. The first-order valence-electron chi connectivity index (χ1n) is 10.6. The minimum absolute atomic E-state index is 0.0797. The molecule has 2 aliphatic heterocycles. The largest absolute Gasteiger partial charge is 0.497 e. The number of rotatable bonds is 6. The highest BCUT2D eigenvalue weighted by Crippen LogP contribution is 2.30. The number of urea groups is 1. The lowest BCUT2D eigenvalue weighted by molar-refractivity contribution is -0.139. The molecule has 0 aliphatic carbocycles. The SMILES string of the molecule is COc1cccc([C@]2(C)NC(=O)N(NC(=O)CN3CCN(c4cccc(Cl)c4)CC3)C2=O)c1. The van der Waals surface area contributed by atoms with Crippen LogP contribution in [0.5, 0.6) is 5.75 Å². The van der Waals surface area contributed by atoms with Crippen LogP contribution in [0.4, 0.5) is 10.5 Å². The molecule has 2 fully saturated rings. The fourth-order valence-electron chi connectivity index (χ4n) is 4.07. The second kappa shape index (κ2) is 9.29. The van der Waals surface area contributed by atoms with E-state index in [4.69, 9.17) is 16.3 Å². The average molecular weight is 472 g/mol. The first-order chi connectivity index (χ1) is 15.8. The van der Waals surface area contributed by atoms with Crippen molar-refractivity contribution in [2.24, 2.45) is 0 Å². The Hall–Kier alpha value is -3.30. The third kappa shape index (κ3) is 4.74. The number of carbonyl (C=O) groups is 3. The molecule has 174 valence electrons. The summed E-state index contributed by atoms with van der Waals surface area (Å²) < 4.78 is 5.22. The van der Waals surface area contributed by atoms with E-state index in [-0.39, 0.29) is 6.54 Å². The van der Waals surface area contributed by atoms with Crippen LogP contribution < -0.4 is 20.4 Å². The zero-order valence-corrected chi connectivity index (χ0v) is 19.3. The first-order valence-corrected chi connectivity index (χ1v) is 11.0. The molecule has 10 heteroatoms. The van der Waals surface area contributed by atoms with E-state index in [1.54, 1.807) is 31.2 Å². The summed E-state index contributed by atoms with van der Waals surface area (Å²) in [5, 5.41) is 4.11. The molecule has 4 rings (SSSR count). The van der Waals surface area contributed by atoms with Crippen molar-refractivity contribution >= 4 is 35.1 Å². The highest BCUT2D eigenvalue weighted by Gasteiger charge is 2.50. The normalized spacial score (nSPS) is 21.2. The lowest BCUT2D eigenvalue weighted by atomic mass is 9.92. The Morgan fingerprint density at radius 3 is 2.55 bits per heavy atom. The van der Waals surface area contributed by atoms with E-state index in [9.17, 15) is 14.4 Å². The molecule has 2 N–H and O–H groups in total. The maximum atomic E-state index is 13.0. The Morgan fingerprint density at radius 1 is 1.12 bits per heavy atom. The van der Waals surface area contributed by atoms with Gasteiger partial charge in [-0.3, -0.25) is 19.9 Å². The highest BCUT2D eigenvalue weighted by molar-refractivity contribution is 6.30. The predicted molar refractivity (Wildman–Crippen MR) is 124 cm³/mol. The van der Waals surface area contributed by atoms with Crippen molar-refractivity contribution in [3.8, 4) is 5.75 Å². The third-order valence-corrected chi connectivity index (χ3v) is 6.22. The molecule has 2 aromatic rings. The van der Waals surface area contributed by atoms with Gasteiger partial charge in [0.2, 0.25) is 0 Å². The van der Waals surface area contributed by atoms with Gasteiger partial charge in [-0.1, -0.05) is 29.8 Å². The van der Waals surface area contributed by atoms with Crippen molar-refractivity contribution in [1.29, 1.82) is 0 Å². The van der Waals surface area contributed by atoms with Gasteiger partial charge in [-0.15, -0.1) is 0 Å². The maximum Gasteiger partial charge on any atom is 0.344 e. The van der Waals surface area contributed by atoms with E-state index >= 15 is 0 Å². The number of hydrazine groups is 1. The fraction of sp³-hybridized carbons (Fsp3) is 0.348. The maximum absolute atomic E-state index is 13.0. The van der Waals surface area contributed by atoms with Crippen LogP contribution in [0.1, 0.15) is 12.5 Å². The molecule has 4 amide bonds. The van der Waals surface area contributed by atoms with E-state index in [1.807, 2.05) is 29.2 Å². The van der Waals surface area contributed by atoms with Crippen LogP contribution in [-0.2, 0) is 15.1 Å². The summed E-state index contributed by atoms with van der Waals surface area (Å²) in [6.45, 7) is 4.50. The van der Waals surface area contributed by atoms with E-state index in [1.165, 1.54) is 7.11 Å². The van der Waals surface area contributed by atoms with Crippen LogP contribution in [0.2, 0.25) is 5.02 Å². The topological polar surface area (TPSA) is 94.2 Å². The number of hydrogen-bond acceptors (Lipinski definition) is 6. The molecule has 2 heterocycles. The highest BCUT2D eigenvalue weighted by atomic mass is 35.5. The number of nitrogens with one attached hydrogen (secondary N) is 2. The van der Waals surface area contributed by atoms with Crippen molar-refractivity contribution in [1.82, 2.24) is 20.7 Å². The van der Waals surface area contributed by atoms with Crippen molar-refractivity contribution < 1.29 is 19.1 Å². The summed E-state index contributed by atoms with van der Waals surface area (Å²) in [5.74, 6) is -0.417. The predicted octanol–water partition coefficient (Wildman–Crippen LogP) is 1.97. The van der Waals surface area contributed by atoms with Crippen LogP contribution in [-0.4, -0.2) is 67.6 Å². The van der Waals surface area contributed by atoms with E-state index in [0.717, 1.165) is 23.8 Å². The van der Waals surface area contributed by atoms with Crippen LogP contribution >= 0.6 is 11.6 Å². The molecular formula is C23H26ClN5O4. The number of piperazine rings is 1. The molecule has 2 aromatic carbocycles. The number of carbonyl (C=O) groups excluding carboxylic acids is 3. The Morgan fingerprint density at radius 2 is 1.85 bits per heavy atom. The van der Waals surface area contributed by atoms with Crippen LogP contribution in [0.15, 0.2) is 48.5 Å². The summed E-state index contributed by atoms with van der Waals surface area (Å²) >= 11 is 6.08. The van der Waals surface area contributed by atoms with Gasteiger partial charge in [-0.05, 0) is 42.8 Å². The smallest absolute Gasteiger partial charge is 0.344 e. The van der Waals surface area contributed by atoms with Crippen LogP contribution in [0.3, 0.4) is 0 Å². The summed E-state index contributed by atoms with van der Waals surface area (Å²) in [6.07, 6.45) is 0. The van der Waals surface area contributed by atoms with Gasteiger partial charge in [0.05, 0.1) is 13.7 Å². The van der Waals surface area contributed by atoms with Gasteiger partial charge in [-0.2, -0.15) is 5.01 Å². The second-order valence-corrected chi connectivity index (χ2v) is 8.64. The van der Waals surface area contributed by atoms with Gasteiger partial charge in [0.25, 0.3) is 11.8 Å². The summed E-state index contributed by atoms with van der Waals surface area (Å²) in [7, 11) is 1.53. The van der Waals surface area contributed by atoms with Crippen molar-refractivity contribution in [3.63, 3.8) is 0 Å². The second-order valence-electron chi connectivity index (χ2n) is 8.21. The van der Waals surface area contributed by atoms with E-state index in [2.05, 4.69) is 15.6 Å². The van der Waals surface area contributed by atoms with Crippen molar-refractivity contribution in [2.75, 3.05) is 44.7 Å². The van der Waals surface area contributed by atoms with Gasteiger partial charge < -0.3 is 15.0 Å². The average Bonchev–Trinajstić information content (AvgIpc) is 3.03. The number of hydrogen-bond donors (Lipinski definition) is 2. The standard InChI is InChI=1S/C23H26ClN5O4/c1-23(16-5-3-8-19(13-16)33-2)21(31)29(22(32)25-23)26-20(30)15-27-9-11-28(12-10-27)18-7-4-6-17(24)14-18/h3-8,13-14H,9-12,15H2,1-2H3,(H,25,32)(H,26,30)/t23-/m0/s1. The van der Waals surface area contributed by atoms with Gasteiger partial charge >= 0.3 is 6.03 Å². The molecule has 0 spiro atoms. The van der Waals surface area contributed by atoms with Gasteiger partial charge in [0.1, 0.15) is 11.3 Å². The lowest BCUT2D eigenvalue weighted by Crippen LogP contribution is -2.53. The molecule has 33 heavy (non-hydrogen) atoms. The number of halogens is 1. The quantitative estimate of drug-likeness (QED) is 0.626. The number of ether oxygens (including phenoxy) is 1. The molecule has 0 bridgehead atoms. The van der Waals surface area contributed by atoms with E-state index < -0.39 is 23.4 Å². The monoisotopic (exact) mass is 471 g/mol. The summed E-state index contributed by atoms with van der Waals surface area (Å²) in [5.41, 5.74) is 2.76. The van der Waals surface area contributed by atoms with Crippen molar-refractivity contribution in [2.45, 2.75) is 12.5 Å². The number of benzene rings is 2. The molecule has 9 nitrogen and oxygen atoms in total. The van der Waals surface area contributed by atoms with E-state index in [0.29, 0.717) is 29.4 Å². The Bertz CT molecular complexity index is 1070. The third-order valence-electron chi connectivity index (χ3n) is 5.99. The Balaban J connectivity index is 1.34. The fourth-order valence-corrected chi connectivity index (χ4v) is 4.26. The van der Waals surface area contributed by atoms with Crippen LogP contribution in [0, 0.1) is 0 Å². The van der Waals surface area contributed by atoms with Crippen LogP contribution in [0.25, 0.3) is 0 Å². The molecule has 0 unspecified atom stereocenters. The molecule has 1 atom stereocenters. The molecule has 2 saturated heterocycles. The lowest BCUT2D eigenvalue weighted by Gasteiger charge is -2.35. The first kappa shape index (κ1) is 22.9. The number of methoxy groups -OCH3 is 1. The molecular weight excluding hydrogens is 446 g/mol. The molecule has 0 saturated carbocycles. The Kier molecular flexibility index (Phi) is 6.44. The minimum atomic E-state index is -1.30. The van der Waals surface area contributed by atoms with Gasteiger partial charge in [0, 0.05) is 36.9 Å². The number of imide groups is 1. The zero-order valence-electron chi connectivity index (χ0n) is 18.5. The number of amides is 4. The molecule has 2 aliphatic rings. The number of anilines is 1. The Labute approximate surface area is 197 Å². The molecule has 0 aromatic heterocycles. The summed E-state index contributed by atoms with van der Waals surface area (Å²) in [4.78, 5) is 42.4. The minimum Gasteiger partial charge on any atom is -0.497 e. The van der Waals surface area contributed by atoms with Gasteiger partial charge in [0.15, 0.2) is 0 Å². The zero-order chi connectivity index (χ0) is 23.6.